The lowest BCUT2D eigenvalue weighted by molar-refractivity contribution is 0.210. The first kappa shape index (κ1) is 8.32. The zero-order valence-electron chi connectivity index (χ0n) is 6.48. The van der Waals surface area contributed by atoms with Gasteiger partial charge in [-0.15, -0.1) is 0 Å². The average molecular weight is 168 g/mol. The van der Waals surface area contributed by atoms with Gasteiger partial charge in [-0.1, -0.05) is 0 Å². The number of ether oxygens (including phenoxy) is 2. The highest BCUT2D eigenvalue weighted by molar-refractivity contribution is 5.68. The normalized spacial score (nSPS) is 9.08. The van der Waals surface area contributed by atoms with E-state index in [2.05, 4.69) is 9.72 Å². The van der Waals surface area contributed by atoms with E-state index in [1.807, 2.05) is 0 Å². The van der Waals surface area contributed by atoms with Crippen molar-refractivity contribution in [2.75, 3.05) is 7.11 Å². The van der Waals surface area contributed by atoms with E-state index in [0.29, 0.717) is 11.6 Å². The molecule has 12 heavy (non-hydrogen) atoms. The highest BCUT2D eigenvalue weighted by atomic mass is 16.5. The third-order valence-electron chi connectivity index (χ3n) is 1.13. The van der Waals surface area contributed by atoms with Crippen molar-refractivity contribution in [1.29, 1.82) is 0 Å². The highest BCUT2D eigenvalue weighted by Gasteiger charge is 1.99. The van der Waals surface area contributed by atoms with E-state index in [9.17, 15) is 4.79 Å². The molecule has 5 nitrogen and oxygen atoms in total. The van der Waals surface area contributed by atoms with Crippen molar-refractivity contribution in [2.45, 2.75) is 0 Å². The molecular weight excluding hydrogens is 160 g/mol. The standard InChI is InChI=1S/C7H8N2O3/c1-11-6-4-5(2-3-9-6)12-7(8)10/h2-4H,1H3,(H2,8,10). The summed E-state index contributed by atoms with van der Waals surface area (Å²) in [6.45, 7) is 0. The molecule has 0 spiro atoms. The van der Waals surface area contributed by atoms with E-state index in [-0.39, 0.29) is 0 Å². The van der Waals surface area contributed by atoms with Crippen LogP contribution in [-0.4, -0.2) is 18.2 Å². The van der Waals surface area contributed by atoms with Gasteiger partial charge in [-0.2, -0.15) is 0 Å². The number of nitrogens with two attached hydrogens (primary N) is 1. The number of pyridine rings is 1. The second kappa shape index (κ2) is 3.56. The number of rotatable bonds is 2. The summed E-state index contributed by atoms with van der Waals surface area (Å²) in [5.74, 6) is 0.683. The number of aromatic nitrogens is 1. The van der Waals surface area contributed by atoms with Crippen molar-refractivity contribution in [1.82, 2.24) is 4.98 Å². The van der Waals surface area contributed by atoms with Crippen LogP contribution in [0.2, 0.25) is 0 Å². The predicted octanol–water partition coefficient (Wildman–Crippen LogP) is 0.548. The molecule has 1 aromatic rings. The molecule has 0 bridgehead atoms. The number of hydrogen-bond donors (Lipinski definition) is 1. The van der Waals surface area contributed by atoms with Gasteiger partial charge in [0.1, 0.15) is 5.75 Å². The van der Waals surface area contributed by atoms with Crippen LogP contribution in [0.25, 0.3) is 0 Å². The van der Waals surface area contributed by atoms with Crippen LogP contribution in [0.4, 0.5) is 4.79 Å². The molecule has 1 amide bonds. The zero-order valence-corrected chi connectivity index (χ0v) is 6.48. The van der Waals surface area contributed by atoms with Crippen LogP contribution < -0.4 is 15.2 Å². The summed E-state index contributed by atoms with van der Waals surface area (Å²) in [6, 6.07) is 2.97. The minimum absolute atomic E-state index is 0.314. The van der Waals surface area contributed by atoms with E-state index in [1.165, 1.54) is 25.4 Å². The molecule has 0 aliphatic rings. The summed E-state index contributed by atoms with van der Waals surface area (Å²) in [4.78, 5) is 14.1. The van der Waals surface area contributed by atoms with Gasteiger partial charge in [0.05, 0.1) is 7.11 Å². The van der Waals surface area contributed by atoms with Gasteiger partial charge in [-0.05, 0) is 6.07 Å². The zero-order chi connectivity index (χ0) is 8.97. The molecule has 64 valence electrons. The molecule has 5 heteroatoms. The lowest BCUT2D eigenvalue weighted by Crippen LogP contribution is -2.16. The largest absolute Gasteiger partial charge is 0.481 e. The number of methoxy groups -OCH3 is 1. The number of nitrogens with zero attached hydrogens (tertiary/aromatic N) is 1. The van der Waals surface area contributed by atoms with Crippen LogP contribution in [0.5, 0.6) is 11.6 Å². The van der Waals surface area contributed by atoms with Gasteiger partial charge in [-0.25, -0.2) is 9.78 Å². The summed E-state index contributed by atoms with van der Waals surface area (Å²) in [5, 5.41) is 0. The Morgan fingerprint density at radius 3 is 3.00 bits per heavy atom. The smallest absolute Gasteiger partial charge is 0.409 e. The maximum Gasteiger partial charge on any atom is 0.409 e. The molecule has 1 heterocycles. The summed E-state index contributed by atoms with van der Waals surface area (Å²) in [6.07, 6.45) is 0.597. The van der Waals surface area contributed by atoms with Crippen molar-refractivity contribution < 1.29 is 14.3 Å². The Balaban J connectivity index is 2.79. The first-order valence-corrected chi connectivity index (χ1v) is 3.19. The summed E-state index contributed by atoms with van der Waals surface area (Å²) in [7, 11) is 1.47. The summed E-state index contributed by atoms with van der Waals surface area (Å²) >= 11 is 0. The Morgan fingerprint density at radius 2 is 2.42 bits per heavy atom. The molecular formula is C7H8N2O3. The van der Waals surface area contributed by atoms with E-state index in [0.717, 1.165) is 0 Å². The molecule has 2 N–H and O–H groups in total. The third kappa shape index (κ3) is 2.12. The molecule has 0 fully saturated rings. The van der Waals surface area contributed by atoms with Crippen molar-refractivity contribution >= 4 is 6.09 Å². The molecule has 1 aromatic heterocycles. The number of hydrogen-bond acceptors (Lipinski definition) is 4. The molecule has 0 aliphatic carbocycles. The molecule has 0 aliphatic heterocycles. The Hall–Kier alpha value is -1.78. The molecule has 0 unspecified atom stereocenters. The topological polar surface area (TPSA) is 74.4 Å². The van der Waals surface area contributed by atoms with Gasteiger partial charge in [0.2, 0.25) is 5.88 Å². The van der Waals surface area contributed by atoms with Crippen LogP contribution in [0, 0.1) is 0 Å². The highest BCUT2D eigenvalue weighted by Crippen LogP contribution is 2.15. The Kier molecular flexibility index (Phi) is 2.47. The van der Waals surface area contributed by atoms with Crippen molar-refractivity contribution in [3.8, 4) is 11.6 Å². The Labute approximate surface area is 69.1 Å². The van der Waals surface area contributed by atoms with Gasteiger partial charge in [0.25, 0.3) is 0 Å². The number of carbonyl (C=O) groups is 1. The van der Waals surface area contributed by atoms with Crippen molar-refractivity contribution in [2.24, 2.45) is 5.73 Å². The Bertz CT molecular complexity index is 288. The quantitative estimate of drug-likeness (QED) is 0.699. The van der Waals surface area contributed by atoms with Crippen LogP contribution >= 0.6 is 0 Å². The minimum Gasteiger partial charge on any atom is -0.481 e. The van der Waals surface area contributed by atoms with E-state index < -0.39 is 6.09 Å². The van der Waals surface area contributed by atoms with Crippen LogP contribution in [0.15, 0.2) is 18.3 Å². The first-order chi connectivity index (χ1) is 5.72. The fourth-order valence-electron chi connectivity index (χ4n) is 0.683. The second-order valence-electron chi connectivity index (χ2n) is 1.96. The molecule has 0 saturated heterocycles. The lowest BCUT2D eigenvalue weighted by Gasteiger charge is -2.01. The van der Waals surface area contributed by atoms with E-state index >= 15 is 0 Å². The van der Waals surface area contributed by atoms with E-state index in [1.54, 1.807) is 0 Å². The monoisotopic (exact) mass is 168 g/mol. The van der Waals surface area contributed by atoms with Crippen molar-refractivity contribution in [3.05, 3.63) is 18.3 Å². The second-order valence-corrected chi connectivity index (χ2v) is 1.96. The Morgan fingerprint density at radius 1 is 1.67 bits per heavy atom. The number of amides is 1. The number of primary amides is 1. The molecule has 0 saturated carbocycles. The van der Waals surface area contributed by atoms with Gasteiger partial charge < -0.3 is 15.2 Å². The van der Waals surface area contributed by atoms with Crippen LogP contribution in [0.1, 0.15) is 0 Å². The minimum atomic E-state index is -0.858. The molecule has 0 aromatic carbocycles. The van der Waals surface area contributed by atoms with Gasteiger partial charge in [-0.3, -0.25) is 0 Å². The van der Waals surface area contributed by atoms with Crippen LogP contribution in [-0.2, 0) is 0 Å². The number of carbonyl (C=O) groups excluding carboxylic acids is 1. The predicted molar refractivity (Wildman–Crippen MR) is 41.0 cm³/mol. The van der Waals surface area contributed by atoms with Crippen molar-refractivity contribution in [3.63, 3.8) is 0 Å². The van der Waals surface area contributed by atoms with Gasteiger partial charge in [0, 0.05) is 12.3 Å². The third-order valence-corrected chi connectivity index (χ3v) is 1.13. The maximum absolute atomic E-state index is 10.3. The average Bonchev–Trinajstić information content (AvgIpc) is 2.03. The van der Waals surface area contributed by atoms with Crippen LogP contribution in [0.3, 0.4) is 0 Å². The fourth-order valence-corrected chi connectivity index (χ4v) is 0.683. The SMILES string of the molecule is COc1cc(OC(N)=O)ccn1. The fraction of sp³-hybridized carbons (Fsp3) is 0.143. The maximum atomic E-state index is 10.3. The summed E-state index contributed by atoms with van der Waals surface area (Å²) < 4.78 is 9.37. The summed E-state index contributed by atoms with van der Waals surface area (Å²) in [5.41, 5.74) is 4.79. The first-order valence-electron chi connectivity index (χ1n) is 3.19. The lowest BCUT2D eigenvalue weighted by atomic mass is 10.4. The van der Waals surface area contributed by atoms with Gasteiger partial charge >= 0.3 is 6.09 Å². The molecule has 1 rings (SSSR count). The molecule has 0 radical (unpaired) electrons. The molecule has 0 atom stereocenters. The van der Waals surface area contributed by atoms with Gasteiger partial charge in [0.15, 0.2) is 0 Å². The van der Waals surface area contributed by atoms with E-state index in [4.69, 9.17) is 10.5 Å².